The molecule has 27 heavy (non-hydrogen) atoms. The fraction of sp³-hybridized carbons (Fsp3) is 0.412. The summed E-state index contributed by atoms with van der Waals surface area (Å²) in [6.07, 6.45) is -7.60. The number of aromatic nitrogens is 2. The van der Waals surface area contributed by atoms with Gasteiger partial charge in [-0.3, -0.25) is 14.3 Å². The van der Waals surface area contributed by atoms with Crippen molar-refractivity contribution in [3.63, 3.8) is 0 Å². The van der Waals surface area contributed by atoms with Crippen molar-refractivity contribution in [2.75, 3.05) is 6.61 Å². The molecule has 1 aliphatic heterocycles. The Balaban J connectivity index is 1.69. The van der Waals surface area contributed by atoms with Crippen LogP contribution in [0.1, 0.15) is 23.8 Å². The Morgan fingerprint density at radius 3 is 2.63 bits per heavy atom. The summed E-state index contributed by atoms with van der Waals surface area (Å²) in [5.41, 5.74) is -3.17. The lowest BCUT2D eigenvalue weighted by Gasteiger charge is -2.17. The fourth-order valence-electron chi connectivity index (χ4n) is 2.80. The van der Waals surface area contributed by atoms with Crippen LogP contribution in [-0.2, 0) is 22.3 Å². The molecule has 1 aromatic heterocycles. The third-order valence-electron chi connectivity index (χ3n) is 4.18. The Kier molecular flexibility index (Phi) is 5.49. The highest BCUT2D eigenvalue weighted by molar-refractivity contribution is 5.13. The molecule has 0 aliphatic carbocycles. The number of hydrogen-bond donors (Lipinski definition) is 2. The predicted molar refractivity (Wildman–Crippen MR) is 87.0 cm³/mol. The number of nitrogens with zero attached hydrogens (tertiary/aromatic N) is 1. The van der Waals surface area contributed by atoms with Crippen molar-refractivity contribution in [1.82, 2.24) is 9.55 Å². The molecule has 2 heterocycles. The van der Waals surface area contributed by atoms with Gasteiger partial charge >= 0.3 is 11.9 Å². The van der Waals surface area contributed by atoms with Gasteiger partial charge in [0.2, 0.25) is 0 Å². The minimum atomic E-state index is -4.92. The summed E-state index contributed by atoms with van der Waals surface area (Å²) in [6, 6.07) is 9.25. The molecule has 10 heteroatoms. The van der Waals surface area contributed by atoms with Gasteiger partial charge in [0.25, 0.3) is 5.56 Å². The zero-order chi connectivity index (χ0) is 19.6. The Hall–Kier alpha value is -2.43. The Morgan fingerprint density at radius 2 is 1.96 bits per heavy atom. The molecule has 0 saturated carbocycles. The monoisotopic (exact) mass is 386 g/mol. The van der Waals surface area contributed by atoms with Crippen LogP contribution in [-0.4, -0.2) is 33.5 Å². The smallest absolute Gasteiger partial charge is 0.390 e. The molecular weight excluding hydrogens is 369 g/mol. The third kappa shape index (κ3) is 4.46. The van der Waals surface area contributed by atoms with Crippen LogP contribution in [0.4, 0.5) is 13.2 Å². The summed E-state index contributed by atoms with van der Waals surface area (Å²) < 4.78 is 50.2. The van der Waals surface area contributed by atoms with Crippen LogP contribution in [0.3, 0.4) is 0 Å². The van der Waals surface area contributed by atoms with E-state index in [4.69, 9.17) is 9.47 Å². The number of aliphatic hydroxyl groups is 1. The number of halogens is 3. The van der Waals surface area contributed by atoms with Crippen LogP contribution in [0, 0.1) is 0 Å². The highest BCUT2D eigenvalue weighted by atomic mass is 19.4. The van der Waals surface area contributed by atoms with E-state index in [0.717, 1.165) is 5.56 Å². The standard InChI is InChI=1S/C17H17F3N2O5/c18-17(19,20)11-7-22(16(25)21-15(11)24)14-6-12(23)13(27-14)9-26-8-10-4-2-1-3-5-10/h1-5,7,12-14,23H,6,8-9H2,(H,21,24,25)/t12-,13+,14+/m0/s1. The number of benzene rings is 1. The highest BCUT2D eigenvalue weighted by Gasteiger charge is 2.39. The van der Waals surface area contributed by atoms with Gasteiger partial charge in [-0.05, 0) is 5.56 Å². The second-order valence-electron chi connectivity index (χ2n) is 6.14. The second kappa shape index (κ2) is 7.67. The molecule has 2 aromatic rings. The first kappa shape index (κ1) is 19.3. The van der Waals surface area contributed by atoms with Gasteiger partial charge in [-0.1, -0.05) is 30.3 Å². The predicted octanol–water partition coefficient (Wildman–Crippen LogP) is 1.42. The molecule has 1 fully saturated rings. The first-order valence-corrected chi connectivity index (χ1v) is 8.13. The number of aliphatic hydroxyl groups excluding tert-OH is 1. The number of H-pyrrole nitrogens is 1. The summed E-state index contributed by atoms with van der Waals surface area (Å²) in [7, 11) is 0. The molecule has 0 spiro atoms. The molecular formula is C17H17F3N2O5. The van der Waals surface area contributed by atoms with Crippen molar-refractivity contribution in [2.45, 2.75) is 37.6 Å². The number of rotatable bonds is 5. The van der Waals surface area contributed by atoms with E-state index >= 15 is 0 Å². The van der Waals surface area contributed by atoms with Gasteiger partial charge < -0.3 is 14.6 Å². The van der Waals surface area contributed by atoms with E-state index in [2.05, 4.69) is 0 Å². The summed E-state index contributed by atoms with van der Waals surface area (Å²) in [5, 5.41) is 10.1. The van der Waals surface area contributed by atoms with Gasteiger partial charge in [0.05, 0.1) is 19.3 Å². The van der Waals surface area contributed by atoms with Crippen molar-refractivity contribution in [3.8, 4) is 0 Å². The Bertz CT molecular complexity index is 894. The van der Waals surface area contributed by atoms with Gasteiger partial charge in [-0.2, -0.15) is 13.2 Å². The quantitative estimate of drug-likeness (QED) is 0.811. The van der Waals surface area contributed by atoms with Crippen LogP contribution in [0.2, 0.25) is 0 Å². The van der Waals surface area contributed by atoms with Gasteiger partial charge in [0.15, 0.2) is 0 Å². The van der Waals surface area contributed by atoms with E-state index in [9.17, 15) is 27.9 Å². The van der Waals surface area contributed by atoms with E-state index in [1.165, 1.54) is 0 Å². The van der Waals surface area contributed by atoms with Crippen molar-refractivity contribution in [3.05, 3.63) is 68.5 Å². The Labute approximate surface area is 151 Å². The van der Waals surface area contributed by atoms with E-state index in [1.54, 1.807) is 4.98 Å². The minimum absolute atomic E-state index is 0.00318. The molecule has 3 rings (SSSR count). The van der Waals surface area contributed by atoms with Gasteiger partial charge in [0, 0.05) is 12.6 Å². The van der Waals surface area contributed by atoms with Gasteiger partial charge in [-0.25, -0.2) is 4.79 Å². The summed E-state index contributed by atoms with van der Waals surface area (Å²) >= 11 is 0. The average molecular weight is 386 g/mol. The number of ether oxygens (including phenoxy) is 2. The lowest BCUT2D eigenvalue weighted by atomic mass is 10.2. The largest absolute Gasteiger partial charge is 0.423 e. The van der Waals surface area contributed by atoms with E-state index in [0.29, 0.717) is 10.8 Å². The van der Waals surface area contributed by atoms with Crippen molar-refractivity contribution in [1.29, 1.82) is 0 Å². The number of alkyl halides is 3. The van der Waals surface area contributed by atoms with Gasteiger partial charge in [0.1, 0.15) is 17.9 Å². The zero-order valence-electron chi connectivity index (χ0n) is 14.0. The second-order valence-corrected chi connectivity index (χ2v) is 6.14. The van der Waals surface area contributed by atoms with Gasteiger partial charge in [-0.15, -0.1) is 0 Å². The zero-order valence-corrected chi connectivity index (χ0v) is 14.0. The molecule has 1 aromatic carbocycles. The van der Waals surface area contributed by atoms with Crippen molar-refractivity contribution < 1.29 is 27.8 Å². The fourth-order valence-corrected chi connectivity index (χ4v) is 2.80. The maximum Gasteiger partial charge on any atom is 0.423 e. The molecule has 7 nitrogen and oxygen atoms in total. The number of hydrogen-bond acceptors (Lipinski definition) is 5. The molecule has 3 atom stereocenters. The highest BCUT2D eigenvalue weighted by Crippen LogP contribution is 2.30. The molecule has 146 valence electrons. The number of aromatic amines is 1. The average Bonchev–Trinajstić information content (AvgIpc) is 2.95. The van der Waals surface area contributed by atoms with Crippen LogP contribution < -0.4 is 11.2 Å². The van der Waals surface area contributed by atoms with Crippen molar-refractivity contribution in [2.24, 2.45) is 0 Å². The number of nitrogens with one attached hydrogen (secondary N) is 1. The summed E-state index contributed by atoms with van der Waals surface area (Å²) in [4.78, 5) is 24.8. The maximum absolute atomic E-state index is 12.9. The summed E-state index contributed by atoms with van der Waals surface area (Å²) in [5.74, 6) is 0. The lowest BCUT2D eigenvalue weighted by molar-refractivity contribution is -0.139. The minimum Gasteiger partial charge on any atom is -0.390 e. The maximum atomic E-state index is 12.9. The van der Waals surface area contributed by atoms with Crippen LogP contribution >= 0.6 is 0 Å². The van der Waals surface area contributed by atoms with Crippen LogP contribution in [0.15, 0.2) is 46.1 Å². The van der Waals surface area contributed by atoms with Crippen molar-refractivity contribution >= 4 is 0 Å². The molecule has 2 N–H and O–H groups in total. The topological polar surface area (TPSA) is 93.6 Å². The summed E-state index contributed by atoms with van der Waals surface area (Å²) in [6.45, 7) is 0.270. The normalized spacial score (nSPS) is 22.9. The molecule has 1 aliphatic rings. The lowest BCUT2D eigenvalue weighted by Crippen LogP contribution is -2.36. The first-order valence-electron chi connectivity index (χ1n) is 8.13. The molecule has 0 unspecified atom stereocenters. The SMILES string of the molecule is O=c1[nH]c(=O)n([C@H]2C[C@H](O)[C@@H](COCc3ccccc3)O2)cc1C(F)(F)F. The molecule has 1 saturated heterocycles. The third-order valence-corrected chi connectivity index (χ3v) is 4.18. The van der Waals surface area contributed by atoms with E-state index in [1.807, 2.05) is 30.3 Å². The van der Waals surface area contributed by atoms with E-state index in [-0.39, 0.29) is 19.6 Å². The molecule has 0 radical (unpaired) electrons. The van der Waals surface area contributed by atoms with E-state index < -0.39 is 41.4 Å². The Morgan fingerprint density at radius 1 is 1.26 bits per heavy atom. The molecule has 0 bridgehead atoms. The molecule has 0 amide bonds. The van der Waals surface area contributed by atoms with Crippen LogP contribution in [0.5, 0.6) is 0 Å². The first-order chi connectivity index (χ1) is 12.8. The van der Waals surface area contributed by atoms with Crippen LogP contribution in [0.25, 0.3) is 0 Å².